The van der Waals surface area contributed by atoms with Crippen molar-refractivity contribution in [3.63, 3.8) is 0 Å². The first-order chi connectivity index (χ1) is 18.8. The molecular formula is C25H38N2O11S3. The number of aliphatic hydroxyl groups is 2. The number of benzene rings is 3. The fourth-order valence-corrected chi connectivity index (χ4v) is 3.57. The molecule has 3 rings (SSSR count). The van der Waals surface area contributed by atoms with Gasteiger partial charge in [-0.3, -0.25) is 13.7 Å². The van der Waals surface area contributed by atoms with E-state index in [4.69, 9.17) is 35.3 Å². The number of hydrogen-bond acceptors (Lipinski definition) is 10. The largest absolute Gasteiger partial charge is 0.395 e. The van der Waals surface area contributed by atoms with E-state index in [0.717, 1.165) is 16.7 Å². The smallest absolute Gasteiger partial charge is 0.294 e. The summed E-state index contributed by atoms with van der Waals surface area (Å²) in [6, 6.07) is 18.0. The Bertz CT molecular complexity index is 1260. The number of aliphatic hydroxyl groups excluding tert-OH is 2. The molecule has 0 unspecified atom stereocenters. The zero-order chi connectivity index (χ0) is 32.3. The summed E-state index contributed by atoms with van der Waals surface area (Å²) in [7, 11) is -12.1. The zero-order valence-corrected chi connectivity index (χ0v) is 25.3. The highest BCUT2D eigenvalue weighted by molar-refractivity contribution is 7.86. The average Bonchev–Trinajstić information content (AvgIpc) is 2.89. The fraction of sp³-hybridized carbons (Fsp3) is 0.280. The predicted octanol–water partition coefficient (Wildman–Crippen LogP) is 1.60. The molecule has 41 heavy (non-hydrogen) atoms. The van der Waals surface area contributed by atoms with Crippen LogP contribution in [-0.4, -0.2) is 75.4 Å². The lowest BCUT2D eigenvalue weighted by Gasteiger charge is -1.95. The molecule has 0 heterocycles. The zero-order valence-electron chi connectivity index (χ0n) is 22.8. The lowest BCUT2D eigenvalue weighted by molar-refractivity contribution is 0.306. The molecular weight excluding hydrogens is 600 g/mol. The summed E-state index contributed by atoms with van der Waals surface area (Å²) in [6.45, 7) is 6.47. The summed E-state index contributed by atoms with van der Waals surface area (Å²) in [4.78, 5) is -0.200. The third kappa shape index (κ3) is 20.7. The molecule has 0 aliphatic carbocycles. The lowest BCUT2D eigenvalue weighted by atomic mass is 10.2. The van der Waals surface area contributed by atoms with Crippen LogP contribution in [0.2, 0.25) is 0 Å². The van der Waals surface area contributed by atoms with Crippen molar-refractivity contribution in [1.82, 2.24) is 0 Å². The molecule has 232 valence electrons. The number of rotatable bonds is 5. The van der Waals surface area contributed by atoms with Crippen molar-refractivity contribution in [1.29, 1.82) is 0 Å². The third-order valence-corrected chi connectivity index (χ3v) is 6.82. The molecule has 9 N–H and O–H groups in total. The van der Waals surface area contributed by atoms with Gasteiger partial charge in [0.15, 0.2) is 0 Å². The van der Waals surface area contributed by atoms with Crippen molar-refractivity contribution >= 4 is 30.4 Å². The molecule has 0 amide bonds. The van der Waals surface area contributed by atoms with E-state index in [0.29, 0.717) is 13.1 Å². The maximum Gasteiger partial charge on any atom is 0.294 e. The second kappa shape index (κ2) is 20.2. The van der Waals surface area contributed by atoms with Gasteiger partial charge in [-0.2, -0.15) is 25.3 Å². The minimum absolute atomic E-state index is 0.0666. The van der Waals surface area contributed by atoms with Crippen molar-refractivity contribution in [2.24, 2.45) is 11.5 Å². The second-order valence-corrected chi connectivity index (χ2v) is 12.2. The van der Waals surface area contributed by atoms with Crippen LogP contribution in [-0.2, 0) is 30.4 Å². The van der Waals surface area contributed by atoms with E-state index in [9.17, 15) is 25.3 Å². The number of aryl methyl sites for hydroxylation is 3. The molecule has 0 aromatic heterocycles. The summed E-state index contributed by atoms with van der Waals surface area (Å²) in [5.41, 5.74) is 12.4. The van der Waals surface area contributed by atoms with Gasteiger partial charge in [-0.15, -0.1) is 0 Å². The molecule has 0 bridgehead atoms. The minimum Gasteiger partial charge on any atom is -0.395 e. The third-order valence-electron chi connectivity index (χ3n) is 4.21. The minimum atomic E-state index is -4.02. The van der Waals surface area contributed by atoms with Gasteiger partial charge in [0.05, 0.1) is 27.9 Å². The van der Waals surface area contributed by atoms with Crippen LogP contribution in [0.15, 0.2) is 87.5 Å². The molecule has 0 radical (unpaired) electrons. The molecule has 3 aromatic rings. The summed E-state index contributed by atoms with van der Waals surface area (Å²) in [5, 5.41) is 15.5. The van der Waals surface area contributed by atoms with Gasteiger partial charge in [0, 0.05) is 13.1 Å². The first-order valence-electron chi connectivity index (χ1n) is 11.6. The number of hydrogen-bond donors (Lipinski definition) is 7. The van der Waals surface area contributed by atoms with Crippen LogP contribution in [0.3, 0.4) is 0 Å². The Hall–Kier alpha value is -2.77. The molecule has 0 aliphatic rings. The Morgan fingerprint density at radius 2 is 0.610 bits per heavy atom. The van der Waals surface area contributed by atoms with Gasteiger partial charge in [0.1, 0.15) is 0 Å². The first kappa shape index (κ1) is 40.4. The van der Waals surface area contributed by atoms with Gasteiger partial charge in [0.25, 0.3) is 30.4 Å². The monoisotopic (exact) mass is 638 g/mol. The first-order valence-corrected chi connectivity index (χ1v) is 15.9. The SMILES string of the molecule is Cc1ccc(S(=O)(=O)O)cc1.Cc1ccc(S(=O)(=O)O)cc1.Cc1ccc(S(=O)(=O)O)cc1.NCCO.NCCO. The molecule has 3 aromatic carbocycles. The maximum atomic E-state index is 10.5. The highest BCUT2D eigenvalue weighted by Crippen LogP contribution is 2.10. The quantitative estimate of drug-likeness (QED) is 0.196. The van der Waals surface area contributed by atoms with E-state index < -0.39 is 30.4 Å². The van der Waals surface area contributed by atoms with Crippen molar-refractivity contribution in [2.75, 3.05) is 26.3 Å². The van der Waals surface area contributed by atoms with Crippen LogP contribution >= 0.6 is 0 Å². The molecule has 0 saturated carbocycles. The van der Waals surface area contributed by atoms with E-state index in [2.05, 4.69) is 0 Å². The highest BCUT2D eigenvalue weighted by Gasteiger charge is 2.08. The standard InChI is InChI=1S/3C7H8O3S.2C2H7NO/c3*1-6-2-4-7(5-3-6)11(8,9)10;2*3-1-2-4/h3*2-5H,1H3,(H,8,9,10);2*4H,1-3H2. The van der Waals surface area contributed by atoms with Crippen molar-refractivity contribution in [2.45, 2.75) is 35.5 Å². The molecule has 0 fully saturated rings. The van der Waals surface area contributed by atoms with E-state index in [1.54, 1.807) is 36.4 Å². The summed E-state index contributed by atoms with van der Waals surface area (Å²) in [6.07, 6.45) is 0. The maximum absolute atomic E-state index is 10.5. The van der Waals surface area contributed by atoms with E-state index in [-0.39, 0.29) is 27.9 Å². The van der Waals surface area contributed by atoms with Crippen molar-refractivity contribution in [3.05, 3.63) is 89.5 Å². The molecule has 0 atom stereocenters. The van der Waals surface area contributed by atoms with Gasteiger partial charge in [-0.1, -0.05) is 53.1 Å². The van der Waals surface area contributed by atoms with Crippen LogP contribution in [0.5, 0.6) is 0 Å². The van der Waals surface area contributed by atoms with Gasteiger partial charge in [0.2, 0.25) is 0 Å². The van der Waals surface area contributed by atoms with Gasteiger partial charge < -0.3 is 21.7 Å². The van der Waals surface area contributed by atoms with E-state index in [1.165, 1.54) is 36.4 Å². The topological polar surface area (TPSA) is 256 Å². The van der Waals surface area contributed by atoms with Crippen LogP contribution in [0.25, 0.3) is 0 Å². The Labute approximate surface area is 241 Å². The number of nitrogens with two attached hydrogens (primary N) is 2. The Morgan fingerprint density at radius 1 is 0.463 bits per heavy atom. The fourth-order valence-electron chi connectivity index (χ4n) is 2.13. The molecule has 13 nitrogen and oxygen atoms in total. The van der Waals surface area contributed by atoms with Crippen LogP contribution in [0, 0.1) is 20.8 Å². The van der Waals surface area contributed by atoms with Crippen molar-refractivity contribution in [3.8, 4) is 0 Å². The average molecular weight is 639 g/mol. The van der Waals surface area contributed by atoms with E-state index >= 15 is 0 Å². The highest BCUT2D eigenvalue weighted by atomic mass is 32.2. The lowest BCUT2D eigenvalue weighted by Crippen LogP contribution is -2.02. The van der Waals surface area contributed by atoms with Crippen LogP contribution in [0.1, 0.15) is 16.7 Å². The Morgan fingerprint density at radius 3 is 0.707 bits per heavy atom. The summed E-state index contributed by atoms with van der Waals surface area (Å²) in [5.74, 6) is 0. The molecule has 0 spiro atoms. The van der Waals surface area contributed by atoms with Crippen LogP contribution < -0.4 is 11.5 Å². The second-order valence-electron chi connectivity index (χ2n) is 7.89. The van der Waals surface area contributed by atoms with Gasteiger partial charge >= 0.3 is 0 Å². The molecule has 0 aliphatic heterocycles. The van der Waals surface area contributed by atoms with Gasteiger partial charge in [-0.05, 0) is 57.2 Å². The summed E-state index contributed by atoms with van der Waals surface area (Å²) < 4.78 is 88.7. The Balaban J connectivity index is 0. The Kier molecular flexibility index (Phi) is 19.9. The van der Waals surface area contributed by atoms with Crippen LogP contribution in [0.4, 0.5) is 0 Å². The molecule has 16 heteroatoms. The van der Waals surface area contributed by atoms with E-state index in [1.807, 2.05) is 20.8 Å². The van der Waals surface area contributed by atoms with Crippen molar-refractivity contribution < 1.29 is 49.1 Å². The normalized spacial score (nSPS) is 10.7. The summed E-state index contributed by atoms with van der Waals surface area (Å²) >= 11 is 0. The predicted molar refractivity (Wildman–Crippen MR) is 155 cm³/mol. The molecule has 0 saturated heterocycles. The van der Waals surface area contributed by atoms with Gasteiger partial charge in [-0.25, -0.2) is 0 Å².